The number of benzene rings is 1. The van der Waals surface area contributed by atoms with Crippen molar-refractivity contribution in [1.82, 2.24) is 10.3 Å². The van der Waals surface area contributed by atoms with Gasteiger partial charge in [0, 0.05) is 17.5 Å². The Bertz CT molecular complexity index is 694. The summed E-state index contributed by atoms with van der Waals surface area (Å²) in [5.41, 5.74) is 3.60. The summed E-state index contributed by atoms with van der Waals surface area (Å²) in [6.07, 6.45) is 8.34. The predicted molar refractivity (Wildman–Crippen MR) is 102 cm³/mol. The smallest absolute Gasteiger partial charge is 0.230 e. The maximum Gasteiger partial charge on any atom is 0.230 e. The first kappa shape index (κ1) is 17.2. The largest absolute Gasteiger partial charge is 0.355 e. The van der Waals surface area contributed by atoms with Crippen LogP contribution in [0.15, 0.2) is 51.7 Å². The van der Waals surface area contributed by atoms with Gasteiger partial charge in [-0.2, -0.15) is 0 Å². The summed E-state index contributed by atoms with van der Waals surface area (Å²) < 4.78 is 0.944. The molecule has 1 N–H and O–H groups in total. The molecule has 0 saturated carbocycles. The molecule has 1 heterocycles. The zero-order valence-electron chi connectivity index (χ0n) is 13.7. The molecule has 3 rings (SSSR count). The minimum Gasteiger partial charge on any atom is -0.355 e. The van der Waals surface area contributed by atoms with Gasteiger partial charge in [-0.1, -0.05) is 53.7 Å². The van der Waals surface area contributed by atoms with E-state index in [0.717, 1.165) is 28.6 Å². The van der Waals surface area contributed by atoms with Crippen molar-refractivity contribution in [3.8, 4) is 11.3 Å². The summed E-state index contributed by atoms with van der Waals surface area (Å²) in [5, 5.41) is 5.06. The number of nitrogens with one attached hydrogen (secondary N) is 1. The number of thiazole rings is 1. The van der Waals surface area contributed by atoms with Crippen LogP contribution in [0.3, 0.4) is 0 Å². The molecule has 3 nitrogen and oxygen atoms in total. The molecule has 0 radical (unpaired) electrons. The van der Waals surface area contributed by atoms with Gasteiger partial charge in [-0.15, -0.1) is 11.3 Å². The van der Waals surface area contributed by atoms with Crippen molar-refractivity contribution < 1.29 is 4.79 Å². The van der Waals surface area contributed by atoms with Crippen LogP contribution in [0.5, 0.6) is 0 Å². The van der Waals surface area contributed by atoms with Crippen LogP contribution in [0.2, 0.25) is 0 Å². The molecule has 5 heteroatoms. The maximum absolute atomic E-state index is 12.0. The van der Waals surface area contributed by atoms with E-state index in [0.29, 0.717) is 5.75 Å². The summed E-state index contributed by atoms with van der Waals surface area (Å²) in [5.74, 6) is 0.522. The van der Waals surface area contributed by atoms with Crippen LogP contribution in [0.1, 0.15) is 32.1 Å². The molecule has 0 spiro atoms. The lowest BCUT2D eigenvalue weighted by Crippen LogP contribution is -2.26. The zero-order valence-corrected chi connectivity index (χ0v) is 15.3. The summed E-state index contributed by atoms with van der Waals surface area (Å²) >= 11 is 3.11. The molecular formula is C19H22N2OS2. The highest BCUT2D eigenvalue weighted by Gasteiger charge is 2.08. The van der Waals surface area contributed by atoms with Gasteiger partial charge in [0.15, 0.2) is 4.34 Å². The number of allylic oxidation sites excluding steroid dienone is 1. The molecule has 0 atom stereocenters. The molecule has 24 heavy (non-hydrogen) atoms. The number of hydrogen-bond acceptors (Lipinski definition) is 4. The Kier molecular flexibility index (Phi) is 6.49. The molecular weight excluding hydrogens is 336 g/mol. The SMILES string of the molecule is O=C(CSc1nc(-c2ccccc2)cs1)NCCC1=CCCCC1. The van der Waals surface area contributed by atoms with Gasteiger partial charge in [0.25, 0.3) is 0 Å². The Morgan fingerprint density at radius 3 is 2.92 bits per heavy atom. The number of thioether (sulfide) groups is 1. The highest BCUT2D eigenvalue weighted by atomic mass is 32.2. The van der Waals surface area contributed by atoms with Gasteiger partial charge in [0.2, 0.25) is 5.91 Å². The lowest BCUT2D eigenvalue weighted by atomic mass is 9.97. The highest BCUT2D eigenvalue weighted by Crippen LogP contribution is 2.28. The van der Waals surface area contributed by atoms with Crippen LogP contribution >= 0.6 is 23.1 Å². The number of carbonyl (C=O) groups excluding carboxylic acids is 1. The van der Waals surface area contributed by atoms with Crippen molar-refractivity contribution >= 4 is 29.0 Å². The average molecular weight is 359 g/mol. The number of amides is 1. The van der Waals surface area contributed by atoms with E-state index in [1.165, 1.54) is 43.0 Å². The molecule has 1 aliphatic carbocycles. The van der Waals surface area contributed by atoms with E-state index in [1.54, 1.807) is 11.3 Å². The highest BCUT2D eigenvalue weighted by molar-refractivity contribution is 8.01. The lowest BCUT2D eigenvalue weighted by Gasteiger charge is -2.12. The van der Waals surface area contributed by atoms with Crippen molar-refractivity contribution in [3.05, 3.63) is 47.4 Å². The summed E-state index contributed by atoms with van der Waals surface area (Å²) in [4.78, 5) is 16.6. The van der Waals surface area contributed by atoms with Crippen LogP contribution in [0, 0.1) is 0 Å². The Morgan fingerprint density at radius 1 is 1.25 bits per heavy atom. The van der Waals surface area contributed by atoms with Crippen LogP contribution in [-0.2, 0) is 4.79 Å². The summed E-state index contributed by atoms with van der Waals surface area (Å²) in [6, 6.07) is 10.1. The molecule has 2 aromatic rings. The third-order valence-electron chi connectivity index (χ3n) is 4.03. The Hall–Kier alpha value is -1.59. The molecule has 1 aromatic heterocycles. The van der Waals surface area contributed by atoms with Crippen LogP contribution in [0.25, 0.3) is 11.3 Å². The number of aromatic nitrogens is 1. The molecule has 126 valence electrons. The van der Waals surface area contributed by atoms with Crippen molar-refractivity contribution in [3.63, 3.8) is 0 Å². The fourth-order valence-electron chi connectivity index (χ4n) is 2.74. The number of rotatable bonds is 7. The van der Waals surface area contributed by atoms with Crippen molar-refractivity contribution in [2.75, 3.05) is 12.3 Å². The second-order valence-electron chi connectivity index (χ2n) is 5.86. The molecule has 1 amide bonds. The fourth-order valence-corrected chi connectivity index (χ4v) is 4.40. The number of carbonyl (C=O) groups is 1. The Morgan fingerprint density at radius 2 is 2.12 bits per heavy atom. The number of hydrogen-bond donors (Lipinski definition) is 1. The second kappa shape index (κ2) is 9.04. The first-order valence-electron chi connectivity index (χ1n) is 8.39. The van der Waals surface area contributed by atoms with Gasteiger partial charge >= 0.3 is 0 Å². The topological polar surface area (TPSA) is 42.0 Å². The molecule has 0 aliphatic heterocycles. The Balaban J connectivity index is 1.40. The van der Waals surface area contributed by atoms with Crippen LogP contribution in [-0.4, -0.2) is 23.2 Å². The van der Waals surface area contributed by atoms with E-state index in [-0.39, 0.29) is 5.91 Å². The van der Waals surface area contributed by atoms with E-state index in [4.69, 9.17) is 0 Å². The maximum atomic E-state index is 12.0. The molecule has 0 unspecified atom stereocenters. The van der Waals surface area contributed by atoms with Gasteiger partial charge < -0.3 is 5.32 Å². The molecule has 0 saturated heterocycles. The Labute approximate surface area is 151 Å². The van der Waals surface area contributed by atoms with Gasteiger partial charge in [-0.25, -0.2) is 4.98 Å². The molecule has 0 bridgehead atoms. The van der Waals surface area contributed by atoms with Gasteiger partial charge in [0.1, 0.15) is 0 Å². The predicted octanol–water partition coefficient (Wildman–Crippen LogP) is 4.91. The fraction of sp³-hybridized carbons (Fsp3) is 0.368. The summed E-state index contributed by atoms with van der Waals surface area (Å²) in [6.45, 7) is 0.748. The third-order valence-corrected chi connectivity index (χ3v) is 6.05. The third kappa shape index (κ3) is 5.21. The standard InChI is InChI=1S/C19H22N2OS2/c22-18(20-12-11-15-7-3-1-4-8-15)14-24-19-21-17(13-23-19)16-9-5-2-6-10-16/h2,5-7,9-10,13H,1,3-4,8,11-12,14H2,(H,20,22). The first-order chi connectivity index (χ1) is 11.8. The van der Waals surface area contributed by atoms with E-state index in [1.807, 2.05) is 23.6 Å². The second-order valence-corrected chi connectivity index (χ2v) is 7.94. The van der Waals surface area contributed by atoms with E-state index in [9.17, 15) is 4.79 Å². The van der Waals surface area contributed by atoms with E-state index < -0.39 is 0 Å². The molecule has 0 fully saturated rings. The van der Waals surface area contributed by atoms with E-state index >= 15 is 0 Å². The monoisotopic (exact) mass is 358 g/mol. The van der Waals surface area contributed by atoms with E-state index in [2.05, 4.69) is 28.5 Å². The van der Waals surface area contributed by atoms with Gasteiger partial charge in [0.05, 0.1) is 11.4 Å². The minimum atomic E-state index is 0.0906. The first-order valence-corrected chi connectivity index (χ1v) is 10.3. The zero-order chi connectivity index (χ0) is 16.6. The number of nitrogens with zero attached hydrogens (tertiary/aromatic N) is 1. The molecule has 1 aliphatic rings. The average Bonchev–Trinajstić information content (AvgIpc) is 3.11. The van der Waals surface area contributed by atoms with Crippen molar-refractivity contribution in [2.24, 2.45) is 0 Å². The lowest BCUT2D eigenvalue weighted by molar-refractivity contribution is -0.118. The van der Waals surface area contributed by atoms with Crippen LogP contribution < -0.4 is 5.32 Å². The van der Waals surface area contributed by atoms with Crippen molar-refractivity contribution in [1.29, 1.82) is 0 Å². The normalized spacial score (nSPS) is 14.2. The van der Waals surface area contributed by atoms with Crippen LogP contribution in [0.4, 0.5) is 0 Å². The van der Waals surface area contributed by atoms with Gasteiger partial charge in [-0.05, 0) is 32.1 Å². The quantitative estimate of drug-likeness (QED) is 0.565. The van der Waals surface area contributed by atoms with Crippen molar-refractivity contribution in [2.45, 2.75) is 36.4 Å². The minimum absolute atomic E-state index is 0.0906. The van der Waals surface area contributed by atoms with Gasteiger partial charge in [-0.3, -0.25) is 4.79 Å². The summed E-state index contributed by atoms with van der Waals surface area (Å²) in [7, 11) is 0. The molecule has 1 aromatic carbocycles.